The van der Waals surface area contributed by atoms with Crippen molar-refractivity contribution in [1.29, 1.82) is 0 Å². The lowest BCUT2D eigenvalue weighted by Gasteiger charge is -2.32. The van der Waals surface area contributed by atoms with E-state index in [0.29, 0.717) is 25.0 Å². The highest BCUT2D eigenvalue weighted by atomic mass is 16.5. The first kappa shape index (κ1) is 20.1. The number of benzene rings is 1. The fourth-order valence-electron chi connectivity index (χ4n) is 3.62. The third-order valence-corrected chi connectivity index (χ3v) is 5.14. The number of nitrogens with zero attached hydrogens (tertiary/aromatic N) is 3. The zero-order valence-corrected chi connectivity index (χ0v) is 16.9. The van der Waals surface area contributed by atoms with E-state index in [9.17, 15) is 4.79 Å². The zero-order chi connectivity index (χ0) is 19.8. The lowest BCUT2D eigenvalue weighted by Crippen LogP contribution is -2.42. The summed E-state index contributed by atoms with van der Waals surface area (Å²) < 4.78 is 5.59. The molecule has 1 fully saturated rings. The van der Waals surface area contributed by atoms with Crippen molar-refractivity contribution in [1.82, 2.24) is 14.9 Å². The Labute approximate surface area is 167 Å². The van der Waals surface area contributed by atoms with Crippen LogP contribution >= 0.6 is 0 Å². The highest BCUT2D eigenvalue weighted by molar-refractivity contribution is 5.76. The van der Waals surface area contributed by atoms with Gasteiger partial charge in [0.2, 0.25) is 11.9 Å². The van der Waals surface area contributed by atoms with Gasteiger partial charge in [-0.25, -0.2) is 9.97 Å². The van der Waals surface area contributed by atoms with E-state index in [0.717, 1.165) is 50.1 Å². The van der Waals surface area contributed by atoms with Crippen LogP contribution in [0, 0.1) is 6.92 Å². The molecular formula is C22H30N4O2. The first-order chi connectivity index (χ1) is 13.7. The second-order valence-electron chi connectivity index (χ2n) is 7.26. The molecule has 6 heteroatoms. The molecule has 1 aliphatic rings. The smallest absolute Gasteiger partial charge is 0.222 e. The normalized spacial score (nSPS) is 14.7. The van der Waals surface area contributed by atoms with Crippen LogP contribution in [0.25, 0.3) is 0 Å². The summed E-state index contributed by atoms with van der Waals surface area (Å²) in [6.45, 7) is 6.34. The Bertz CT molecular complexity index is 758. The van der Waals surface area contributed by atoms with Gasteiger partial charge in [-0.2, -0.15) is 0 Å². The van der Waals surface area contributed by atoms with Crippen LogP contribution in [0.2, 0.25) is 0 Å². The van der Waals surface area contributed by atoms with Gasteiger partial charge in [0.1, 0.15) is 5.75 Å². The summed E-state index contributed by atoms with van der Waals surface area (Å²) in [5.74, 6) is 1.87. The lowest BCUT2D eigenvalue weighted by atomic mass is 10.0. The quantitative estimate of drug-likeness (QED) is 0.755. The molecule has 150 valence electrons. The van der Waals surface area contributed by atoms with Crippen LogP contribution < -0.4 is 10.1 Å². The molecule has 6 nitrogen and oxygen atoms in total. The molecule has 0 unspecified atom stereocenters. The van der Waals surface area contributed by atoms with Crippen molar-refractivity contribution in [2.24, 2.45) is 0 Å². The van der Waals surface area contributed by atoms with Crippen LogP contribution in [-0.4, -0.2) is 46.5 Å². The largest absolute Gasteiger partial charge is 0.494 e. The maximum atomic E-state index is 12.5. The van der Waals surface area contributed by atoms with E-state index in [-0.39, 0.29) is 5.91 Å². The molecule has 0 aliphatic carbocycles. The second kappa shape index (κ2) is 10.1. The van der Waals surface area contributed by atoms with Crippen LogP contribution in [0.3, 0.4) is 0 Å². The van der Waals surface area contributed by atoms with E-state index in [1.165, 1.54) is 5.56 Å². The van der Waals surface area contributed by atoms with Crippen molar-refractivity contribution in [3.63, 3.8) is 0 Å². The fourth-order valence-corrected chi connectivity index (χ4v) is 3.62. The van der Waals surface area contributed by atoms with Gasteiger partial charge in [0.25, 0.3) is 0 Å². The van der Waals surface area contributed by atoms with Gasteiger partial charge < -0.3 is 15.0 Å². The number of likely N-dealkylation sites (tertiary alicyclic amines) is 1. The standard InChI is InChI=1S/C22H30N4O2/c1-3-28-20-9-8-18(16-17(20)2)6-4-7-21(27)26-14-10-19(11-15-26)25-22-23-12-5-13-24-22/h5,8-9,12-13,16,19H,3-4,6-7,10-11,14-15H2,1-2H3,(H,23,24,25). The van der Waals surface area contributed by atoms with Crippen molar-refractivity contribution < 1.29 is 9.53 Å². The van der Waals surface area contributed by atoms with E-state index in [1.54, 1.807) is 18.5 Å². The number of piperidine rings is 1. The highest BCUT2D eigenvalue weighted by Crippen LogP contribution is 2.21. The fraction of sp³-hybridized carbons (Fsp3) is 0.500. The molecule has 0 atom stereocenters. The number of carbonyl (C=O) groups is 1. The van der Waals surface area contributed by atoms with Crippen LogP contribution in [0.4, 0.5) is 5.95 Å². The van der Waals surface area contributed by atoms with E-state index < -0.39 is 0 Å². The van der Waals surface area contributed by atoms with Gasteiger partial charge in [0.05, 0.1) is 6.61 Å². The van der Waals surface area contributed by atoms with Gasteiger partial charge in [0.15, 0.2) is 0 Å². The third-order valence-electron chi connectivity index (χ3n) is 5.14. The van der Waals surface area contributed by atoms with Gasteiger partial charge >= 0.3 is 0 Å². The maximum absolute atomic E-state index is 12.5. The highest BCUT2D eigenvalue weighted by Gasteiger charge is 2.22. The molecule has 2 aromatic rings. The summed E-state index contributed by atoms with van der Waals surface area (Å²) >= 11 is 0. The number of anilines is 1. The number of amides is 1. The van der Waals surface area contributed by atoms with Crippen molar-refractivity contribution >= 4 is 11.9 Å². The summed E-state index contributed by atoms with van der Waals surface area (Å²) in [7, 11) is 0. The number of hydrogen-bond donors (Lipinski definition) is 1. The molecule has 1 aliphatic heterocycles. The van der Waals surface area contributed by atoms with E-state index in [4.69, 9.17) is 4.74 Å². The van der Waals surface area contributed by atoms with Crippen LogP contribution in [0.15, 0.2) is 36.7 Å². The van der Waals surface area contributed by atoms with Gasteiger partial charge in [-0.15, -0.1) is 0 Å². The summed E-state index contributed by atoms with van der Waals surface area (Å²) in [5.41, 5.74) is 2.42. The Balaban J connectivity index is 1.38. The third kappa shape index (κ3) is 5.68. The number of nitrogens with one attached hydrogen (secondary N) is 1. The monoisotopic (exact) mass is 382 g/mol. The maximum Gasteiger partial charge on any atom is 0.222 e. The minimum absolute atomic E-state index is 0.261. The number of aromatic nitrogens is 2. The van der Waals surface area contributed by atoms with Crippen molar-refractivity contribution in [2.75, 3.05) is 25.0 Å². The van der Waals surface area contributed by atoms with E-state index in [1.807, 2.05) is 17.9 Å². The molecule has 28 heavy (non-hydrogen) atoms. The molecule has 1 aromatic carbocycles. The zero-order valence-electron chi connectivity index (χ0n) is 16.9. The lowest BCUT2D eigenvalue weighted by molar-refractivity contribution is -0.132. The summed E-state index contributed by atoms with van der Waals surface area (Å²) in [5, 5.41) is 3.35. The molecule has 0 saturated carbocycles. The Hall–Kier alpha value is -2.63. The predicted octanol–water partition coefficient (Wildman–Crippen LogP) is 3.61. The second-order valence-corrected chi connectivity index (χ2v) is 7.26. The van der Waals surface area contributed by atoms with Gasteiger partial charge in [-0.3, -0.25) is 4.79 Å². The van der Waals surface area contributed by atoms with E-state index >= 15 is 0 Å². The van der Waals surface area contributed by atoms with Crippen molar-refractivity contribution in [3.8, 4) is 5.75 Å². The minimum atomic E-state index is 0.261. The Morgan fingerprint density at radius 1 is 1.25 bits per heavy atom. The molecular weight excluding hydrogens is 352 g/mol. The summed E-state index contributed by atoms with van der Waals surface area (Å²) in [4.78, 5) is 22.9. The topological polar surface area (TPSA) is 67.3 Å². The van der Waals surface area contributed by atoms with Crippen LogP contribution in [0.5, 0.6) is 5.75 Å². The number of hydrogen-bond acceptors (Lipinski definition) is 5. The number of rotatable bonds is 8. The van der Waals surface area contributed by atoms with Crippen molar-refractivity contribution in [3.05, 3.63) is 47.8 Å². The molecule has 1 aromatic heterocycles. The van der Waals surface area contributed by atoms with Gasteiger partial charge in [-0.05, 0) is 62.8 Å². The minimum Gasteiger partial charge on any atom is -0.494 e. The summed E-state index contributed by atoms with van der Waals surface area (Å²) in [6.07, 6.45) is 7.74. The molecule has 0 spiro atoms. The first-order valence-corrected chi connectivity index (χ1v) is 10.2. The molecule has 2 heterocycles. The van der Waals surface area contributed by atoms with E-state index in [2.05, 4.69) is 34.3 Å². The molecule has 1 saturated heterocycles. The molecule has 0 radical (unpaired) electrons. The Morgan fingerprint density at radius 3 is 2.68 bits per heavy atom. The molecule has 0 bridgehead atoms. The van der Waals surface area contributed by atoms with Crippen LogP contribution in [0.1, 0.15) is 43.7 Å². The van der Waals surface area contributed by atoms with Crippen molar-refractivity contribution in [2.45, 2.75) is 52.0 Å². The Morgan fingerprint density at radius 2 is 2.00 bits per heavy atom. The number of carbonyl (C=O) groups excluding carboxylic acids is 1. The number of ether oxygens (including phenoxy) is 1. The average molecular weight is 383 g/mol. The molecule has 3 rings (SSSR count). The first-order valence-electron chi connectivity index (χ1n) is 10.2. The SMILES string of the molecule is CCOc1ccc(CCCC(=O)N2CCC(Nc3ncccn3)CC2)cc1C. The summed E-state index contributed by atoms with van der Waals surface area (Å²) in [6, 6.07) is 8.44. The predicted molar refractivity (Wildman–Crippen MR) is 111 cm³/mol. The number of aryl methyl sites for hydroxylation is 2. The van der Waals surface area contributed by atoms with Crippen LogP contribution in [-0.2, 0) is 11.2 Å². The molecule has 1 amide bonds. The van der Waals surface area contributed by atoms with Gasteiger partial charge in [0, 0.05) is 37.9 Å². The Kier molecular flexibility index (Phi) is 7.23. The van der Waals surface area contributed by atoms with Gasteiger partial charge in [-0.1, -0.05) is 12.1 Å². The average Bonchev–Trinajstić information content (AvgIpc) is 2.71. The molecule has 1 N–H and O–H groups in total.